The average Bonchev–Trinajstić information content (AvgIpc) is 2.64. The van der Waals surface area contributed by atoms with Gasteiger partial charge in [0, 0.05) is 0 Å². The zero-order valence-electron chi connectivity index (χ0n) is 9.01. The van der Waals surface area contributed by atoms with Crippen molar-refractivity contribution in [3.05, 3.63) is 0 Å². The van der Waals surface area contributed by atoms with Crippen LogP contribution >= 0.6 is 0 Å². The van der Waals surface area contributed by atoms with Gasteiger partial charge < -0.3 is 15.7 Å². The van der Waals surface area contributed by atoms with Gasteiger partial charge in [0.15, 0.2) is 0 Å². The monoisotopic (exact) mass is 214 g/mol. The second-order valence-electron chi connectivity index (χ2n) is 3.94. The van der Waals surface area contributed by atoms with E-state index in [0.29, 0.717) is 0 Å². The molecule has 1 aliphatic heterocycles. The third-order valence-corrected chi connectivity index (χ3v) is 2.76. The quantitative estimate of drug-likeness (QED) is 0.607. The summed E-state index contributed by atoms with van der Waals surface area (Å²) in [4.78, 5) is 22.2. The Bertz CT molecular complexity index is 247. The van der Waals surface area contributed by atoms with Crippen molar-refractivity contribution >= 4 is 11.9 Å². The molecule has 1 rings (SSSR count). The van der Waals surface area contributed by atoms with Crippen LogP contribution < -0.4 is 10.6 Å². The van der Waals surface area contributed by atoms with Crippen LogP contribution in [0.15, 0.2) is 0 Å². The summed E-state index contributed by atoms with van der Waals surface area (Å²) in [6, 6.07) is 0. The van der Waals surface area contributed by atoms with Gasteiger partial charge >= 0.3 is 5.97 Å². The first-order chi connectivity index (χ1) is 7.10. The molecular formula is C10H18N2O3. The fraction of sp³-hybridized carbons (Fsp3) is 0.800. The number of hydrogen-bond donors (Lipinski definition) is 3. The van der Waals surface area contributed by atoms with Crippen LogP contribution in [0.2, 0.25) is 0 Å². The van der Waals surface area contributed by atoms with Gasteiger partial charge in [-0.1, -0.05) is 13.3 Å². The van der Waals surface area contributed by atoms with E-state index >= 15 is 0 Å². The third kappa shape index (κ3) is 2.92. The summed E-state index contributed by atoms with van der Waals surface area (Å²) in [5.74, 6) is -1.18. The number of rotatable bonds is 5. The van der Waals surface area contributed by atoms with Crippen LogP contribution in [0.4, 0.5) is 0 Å². The molecule has 0 aromatic carbocycles. The highest BCUT2D eigenvalue weighted by atomic mass is 16.4. The molecule has 1 heterocycles. The second kappa shape index (κ2) is 5.11. The van der Waals surface area contributed by atoms with E-state index in [9.17, 15) is 9.59 Å². The Morgan fingerprint density at radius 1 is 1.53 bits per heavy atom. The van der Waals surface area contributed by atoms with Crippen molar-refractivity contribution in [2.45, 2.75) is 38.1 Å². The van der Waals surface area contributed by atoms with Crippen LogP contribution in [-0.2, 0) is 9.59 Å². The highest BCUT2D eigenvalue weighted by Gasteiger charge is 2.39. The Kier molecular flexibility index (Phi) is 4.08. The van der Waals surface area contributed by atoms with Crippen molar-refractivity contribution in [1.29, 1.82) is 0 Å². The summed E-state index contributed by atoms with van der Waals surface area (Å²) in [5, 5.41) is 14.1. The van der Waals surface area contributed by atoms with Gasteiger partial charge in [-0.2, -0.15) is 0 Å². The number of carbonyl (C=O) groups excluding carboxylic acids is 1. The molecular weight excluding hydrogens is 196 g/mol. The van der Waals surface area contributed by atoms with E-state index in [0.717, 1.165) is 32.2 Å². The maximum atomic E-state index is 11.8. The van der Waals surface area contributed by atoms with Gasteiger partial charge in [-0.3, -0.25) is 9.59 Å². The molecule has 5 nitrogen and oxygen atoms in total. The van der Waals surface area contributed by atoms with Gasteiger partial charge in [0.05, 0.1) is 5.54 Å². The molecule has 5 heteroatoms. The van der Waals surface area contributed by atoms with Gasteiger partial charge in [0.2, 0.25) is 5.91 Å². The Morgan fingerprint density at radius 3 is 2.73 bits per heavy atom. The topological polar surface area (TPSA) is 78.4 Å². The molecule has 1 aliphatic rings. The van der Waals surface area contributed by atoms with Crippen LogP contribution in [0, 0.1) is 0 Å². The van der Waals surface area contributed by atoms with Crippen LogP contribution in [0.25, 0.3) is 0 Å². The van der Waals surface area contributed by atoms with Gasteiger partial charge in [-0.15, -0.1) is 0 Å². The first kappa shape index (κ1) is 12.0. The fourth-order valence-corrected chi connectivity index (χ4v) is 2.08. The summed E-state index contributed by atoms with van der Waals surface area (Å²) in [7, 11) is 0. The van der Waals surface area contributed by atoms with E-state index in [-0.39, 0.29) is 12.5 Å². The fourth-order valence-electron chi connectivity index (χ4n) is 2.08. The third-order valence-electron chi connectivity index (χ3n) is 2.76. The molecule has 0 aliphatic carbocycles. The van der Waals surface area contributed by atoms with E-state index in [1.54, 1.807) is 0 Å². The minimum Gasteiger partial charge on any atom is -0.480 e. The maximum Gasteiger partial charge on any atom is 0.322 e. The molecule has 86 valence electrons. The lowest BCUT2D eigenvalue weighted by molar-refractivity contribution is -0.139. The minimum absolute atomic E-state index is 0.177. The first-order valence-corrected chi connectivity index (χ1v) is 5.36. The Hall–Kier alpha value is -1.10. The maximum absolute atomic E-state index is 11.8. The minimum atomic E-state index is -1.01. The molecule has 0 saturated carbocycles. The van der Waals surface area contributed by atoms with Crippen LogP contribution in [0.1, 0.15) is 32.6 Å². The molecule has 0 aromatic heterocycles. The van der Waals surface area contributed by atoms with Crippen molar-refractivity contribution < 1.29 is 14.7 Å². The Balaban J connectivity index is 2.55. The van der Waals surface area contributed by atoms with E-state index in [2.05, 4.69) is 10.6 Å². The molecule has 1 unspecified atom stereocenters. The summed E-state index contributed by atoms with van der Waals surface area (Å²) < 4.78 is 0. The van der Waals surface area contributed by atoms with Crippen LogP contribution in [0.5, 0.6) is 0 Å². The van der Waals surface area contributed by atoms with Gasteiger partial charge in [-0.25, -0.2) is 0 Å². The summed E-state index contributed by atoms with van der Waals surface area (Å²) in [6.07, 6.45) is 3.44. The first-order valence-electron chi connectivity index (χ1n) is 5.36. The lowest BCUT2D eigenvalue weighted by Gasteiger charge is -2.27. The number of amides is 1. The molecule has 0 aromatic rings. The van der Waals surface area contributed by atoms with Gasteiger partial charge in [0.25, 0.3) is 0 Å². The highest BCUT2D eigenvalue weighted by molar-refractivity contribution is 5.89. The van der Waals surface area contributed by atoms with E-state index < -0.39 is 11.5 Å². The largest absolute Gasteiger partial charge is 0.480 e. The summed E-state index contributed by atoms with van der Waals surface area (Å²) in [6.45, 7) is 2.55. The highest BCUT2D eigenvalue weighted by Crippen LogP contribution is 2.24. The van der Waals surface area contributed by atoms with Crippen molar-refractivity contribution in [3.8, 4) is 0 Å². The van der Waals surface area contributed by atoms with E-state index in [1.165, 1.54) is 0 Å². The van der Waals surface area contributed by atoms with E-state index in [1.807, 2.05) is 6.92 Å². The summed E-state index contributed by atoms with van der Waals surface area (Å²) in [5.41, 5.74) is -0.524. The number of aliphatic carboxylic acids is 1. The molecule has 1 saturated heterocycles. The number of carbonyl (C=O) groups is 2. The Labute approximate surface area is 89.2 Å². The van der Waals surface area contributed by atoms with Gasteiger partial charge in [-0.05, 0) is 25.8 Å². The zero-order valence-corrected chi connectivity index (χ0v) is 9.01. The van der Waals surface area contributed by atoms with Crippen molar-refractivity contribution in [2.75, 3.05) is 13.1 Å². The number of carboxylic acids is 1. The van der Waals surface area contributed by atoms with Crippen LogP contribution in [0.3, 0.4) is 0 Å². The summed E-state index contributed by atoms with van der Waals surface area (Å²) >= 11 is 0. The molecule has 1 atom stereocenters. The number of carboxylic acid groups (broad SMARTS) is 1. The lowest BCUT2D eigenvalue weighted by Crippen LogP contribution is -2.54. The normalized spacial score (nSPS) is 25.1. The second-order valence-corrected chi connectivity index (χ2v) is 3.94. The number of nitrogens with one attached hydrogen (secondary N) is 2. The predicted octanol–water partition coefficient (Wildman–Crippen LogP) is 0.109. The van der Waals surface area contributed by atoms with Gasteiger partial charge in [0.1, 0.15) is 6.54 Å². The standard InChI is InChI=1S/C10H18N2O3/c1-2-4-10(5-3-6-12-10)9(15)11-7-8(13)14/h12H,2-7H2,1H3,(H,11,15)(H,13,14). The zero-order chi connectivity index (χ0) is 11.3. The van der Waals surface area contributed by atoms with E-state index in [4.69, 9.17) is 5.11 Å². The molecule has 15 heavy (non-hydrogen) atoms. The predicted molar refractivity (Wildman–Crippen MR) is 55.5 cm³/mol. The van der Waals surface area contributed by atoms with Crippen molar-refractivity contribution in [1.82, 2.24) is 10.6 Å². The molecule has 1 amide bonds. The molecule has 0 spiro atoms. The van der Waals surface area contributed by atoms with Crippen molar-refractivity contribution in [3.63, 3.8) is 0 Å². The lowest BCUT2D eigenvalue weighted by atomic mass is 9.91. The molecule has 0 bridgehead atoms. The smallest absolute Gasteiger partial charge is 0.322 e. The van der Waals surface area contributed by atoms with Crippen LogP contribution in [-0.4, -0.2) is 35.6 Å². The number of hydrogen-bond acceptors (Lipinski definition) is 3. The molecule has 0 radical (unpaired) electrons. The SMILES string of the molecule is CCCC1(C(=O)NCC(=O)O)CCCN1. The average molecular weight is 214 g/mol. The molecule has 1 fully saturated rings. The van der Waals surface area contributed by atoms with Crippen molar-refractivity contribution in [2.24, 2.45) is 0 Å². The Morgan fingerprint density at radius 2 is 2.27 bits per heavy atom. The molecule has 3 N–H and O–H groups in total.